The molecule has 0 aliphatic rings. The van der Waals surface area contributed by atoms with Gasteiger partial charge in [0.2, 0.25) is 0 Å². The second-order valence-corrected chi connectivity index (χ2v) is 7.18. The number of carbonyl (C=O) groups is 1. The number of nitrogens with one attached hydrogen (secondary N) is 1. The van der Waals surface area contributed by atoms with Crippen molar-refractivity contribution < 1.29 is 9.18 Å². The minimum Gasteiger partial charge on any atom is -0.348 e. The van der Waals surface area contributed by atoms with E-state index in [1.807, 2.05) is 31.2 Å². The van der Waals surface area contributed by atoms with E-state index in [1.54, 1.807) is 24.4 Å². The molecule has 4 rings (SSSR count). The predicted octanol–water partition coefficient (Wildman–Crippen LogP) is 4.74. The van der Waals surface area contributed by atoms with Crippen molar-refractivity contribution in [1.29, 1.82) is 0 Å². The van der Waals surface area contributed by atoms with Gasteiger partial charge in [0.25, 0.3) is 5.91 Å². The molecule has 1 N–H and O–H groups in total. The molecule has 0 saturated carbocycles. The highest BCUT2D eigenvalue weighted by Crippen LogP contribution is 2.31. The summed E-state index contributed by atoms with van der Waals surface area (Å²) in [6.07, 6.45) is 1.76. The van der Waals surface area contributed by atoms with Crippen LogP contribution in [-0.4, -0.2) is 15.9 Å². The van der Waals surface area contributed by atoms with Crippen molar-refractivity contribution in [2.45, 2.75) is 13.5 Å². The summed E-state index contributed by atoms with van der Waals surface area (Å²) >= 11 is 1.53. The molecule has 0 aliphatic carbocycles. The first kappa shape index (κ1) is 17.3. The van der Waals surface area contributed by atoms with Crippen molar-refractivity contribution >= 4 is 27.5 Å². The number of rotatable bonds is 4. The Bertz CT molecular complexity index is 1140. The van der Waals surface area contributed by atoms with Gasteiger partial charge in [-0.3, -0.25) is 9.78 Å². The molecule has 0 aliphatic heterocycles. The molecule has 0 saturated heterocycles. The normalized spacial score (nSPS) is 10.9. The highest BCUT2D eigenvalue weighted by atomic mass is 32.1. The molecule has 0 radical (unpaired) electrons. The van der Waals surface area contributed by atoms with Crippen LogP contribution in [0.1, 0.15) is 21.6 Å². The van der Waals surface area contributed by atoms with Crippen LogP contribution in [0.5, 0.6) is 0 Å². The summed E-state index contributed by atoms with van der Waals surface area (Å²) in [5.74, 6) is -0.514. The molecule has 0 spiro atoms. The Morgan fingerprint density at radius 1 is 1.15 bits per heavy atom. The maximum Gasteiger partial charge on any atom is 0.251 e. The van der Waals surface area contributed by atoms with E-state index in [0.717, 1.165) is 32.0 Å². The molecule has 4 nitrogen and oxygen atoms in total. The van der Waals surface area contributed by atoms with E-state index in [1.165, 1.54) is 23.5 Å². The predicted molar refractivity (Wildman–Crippen MR) is 105 cm³/mol. The van der Waals surface area contributed by atoms with E-state index in [4.69, 9.17) is 0 Å². The Kier molecular flexibility index (Phi) is 4.64. The van der Waals surface area contributed by atoms with Crippen molar-refractivity contribution in [2.75, 3.05) is 0 Å². The fourth-order valence-electron chi connectivity index (χ4n) is 2.82. The average molecular weight is 377 g/mol. The maximum atomic E-state index is 13.2. The van der Waals surface area contributed by atoms with Gasteiger partial charge in [0.1, 0.15) is 10.8 Å². The first-order valence-corrected chi connectivity index (χ1v) is 9.27. The van der Waals surface area contributed by atoms with Crippen LogP contribution in [0, 0.1) is 12.7 Å². The number of nitrogens with zero attached hydrogens (tertiary/aromatic N) is 2. The standard InChI is InChI=1S/C21H16FN3OS/c1-13-17(6-3-9-23-13)21-25-18-8-7-15(11-19(18)27-21)20(26)24-12-14-4-2-5-16(22)10-14/h2-11H,12H2,1H3,(H,24,26). The third-order valence-corrected chi connectivity index (χ3v) is 5.28. The van der Waals surface area contributed by atoms with E-state index in [0.29, 0.717) is 5.56 Å². The van der Waals surface area contributed by atoms with Crippen molar-refractivity contribution in [3.63, 3.8) is 0 Å². The van der Waals surface area contributed by atoms with Gasteiger partial charge in [-0.2, -0.15) is 0 Å². The molecule has 4 aromatic rings. The van der Waals surface area contributed by atoms with Crippen molar-refractivity contribution in [3.05, 3.63) is 83.4 Å². The second-order valence-electron chi connectivity index (χ2n) is 6.15. The van der Waals surface area contributed by atoms with Gasteiger partial charge in [0.05, 0.1) is 10.2 Å². The summed E-state index contributed by atoms with van der Waals surface area (Å²) in [7, 11) is 0. The summed E-state index contributed by atoms with van der Waals surface area (Å²) in [5, 5.41) is 3.71. The van der Waals surface area contributed by atoms with E-state index < -0.39 is 0 Å². The van der Waals surface area contributed by atoms with E-state index in [-0.39, 0.29) is 18.3 Å². The minimum atomic E-state index is -0.314. The fraction of sp³-hybridized carbons (Fsp3) is 0.0952. The van der Waals surface area contributed by atoms with E-state index >= 15 is 0 Å². The van der Waals surface area contributed by atoms with Gasteiger partial charge in [-0.05, 0) is 55.0 Å². The largest absolute Gasteiger partial charge is 0.348 e. The number of aromatic nitrogens is 2. The van der Waals surface area contributed by atoms with Crippen molar-refractivity contribution in [2.24, 2.45) is 0 Å². The maximum absolute atomic E-state index is 13.2. The molecule has 2 heterocycles. The van der Waals surface area contributed by atoms with Crippen LogP contribution in [0.15, 0.2) is 60.8 Å². The van der Waals surface area contributed by atoms with E-state index in [9.17, 15) is 9.18 Å². The quantitative estimate of drug-likeness (QED) is 0.559. The zero-order chi connectivity index (χ0) is 18.8. The van der Waals surface area contributed by atoms with Crippen LogP contribution in [0.2, 0.25) is 0 Å². The third kappa shape index (κ3) is 3.71. The SMILES string of the molecule is Cc1ncccc1-c1nc2ccc(C(=O)NCc3cccc(F)c3)cc2s1. The summed E-state index contributed by atoms with van der Waals surface area (Å²) in [6.45, 7) is 2.23. The lowest BCUT2D eigenvalue weighted by Crippen LogP contribution is -2.22. The van der Waals surface area contributed by atoms with Gasteiger partial charge in [-0.1, -0.05) is 12.1 Å². The van der Waals surface area contributed by atoms with Gasteiger partial charge < -0.3 is 5.32 Å². The smallest absolute Gasteiger partial charge is 0.251 e. The second kappa shape index (κ2) is 7.25. The summed E-state index contributed by atoms with van der Waals surface area (Å²) in [4.78, 5) is 21.4. The van der Waals surface area contributed by atoms with Crippen LogP contribution in [-0.2, 0) is 6.54 Å². The van der Waals surface area contributed by atoms with Gasteiger partial charge in [0, 0.05) is 29.6 Å². The van der Waals surface area contributed by atoms with Gasteiger partial charge in [-0.15, -0.1) is 11.3 Å². The van der Waals surface area contributed by atoms with Crippen LogP contribution in [0.25, 0.3) is 20.8 Å². The number of fused-ring (bicyclic) bond motifs is 1. The third-order valence-electron chi connectivity index (χ3n) is 4.23. The molecule has 0 unspecified atom stereocenters. The Morgan fingerprint density at radius 2 is 2.04 bits per heavy atom. The molecule has 6 heteroatoms. The van der Waals surface area contributed by atoms with Crippen LogP contribution in [0.3, 0.4) is 0 Å². The fourth-order valence-corrected chi connectivity index (χ4v) is 3.90. The molecule has 1 amide bonds. The van der Waals surface area contributed by atoms with Gasteiger partial charge in [0.15, 0.2) is 0 Å². The number of carbonyl (C=O) groups excluding carboxylic acids is 1. The molecule has 27 heavy (non-hydrogen) atoms. The number of halogens is 1. The van der Waals surface area contributed by atoms with Gasteiger partial charge >= 0.3 is 0 Å². The molecule has 2 aromatic heterocycles. The highest BCUT2D eigenvalue weighted by Gasteiger charge is 2.12. The topological polar surface area (TPSA) is 54.9 Å². The molecular formula is C21H16FN3OS. The Hall–Kier alpha value is -3.12. The first-order chi connectivity index (χ1) is 13.1. The average Bonchev–Trinajstić information content (AvgIpc) is 3.09. The zero-order valence-corrected chi connectivity index (χ0v) is 15.4. The van der Waals surface area contributed by atoms with Crippen molar-refractivity contribution in [3.8, 4) is 10.6 Å². The lowest BCUT2D eigenvalue weighted by Gasteiger charge is -2.05. The lowest BCUT2D eigenvalue weighted by atomic mass is 10.2. The molecule has 0 atom stereocenters. The minimum absolute atomic E-state index is 0.200. The molecular weight excluding hydrogens is 361 g/mol. The number of amides is 1. The molecule has 2 aromatic carbocycles. The molecule has 0 bridgehead atoms. The Balaban J connectivity index is 1.56. The van der Waals surface area contributed by atoms with Crippen molar-refractivity contribution in [1.82, 2.24) is 15.3 Å². The number of aryl methyl sites for hydroxylation is 1. The summed E-state index contributed by atoms with van der Waals surface area (Å²) < 4.78 is 14.2. The lowest BCUT2D eigenvalue weighted by molar-refractivity contribution is 0.0951. The summed E-state index contributed by atoms with van der Waals surface area (Å²) in [5.41, 5.74) is 4.04. The van der Waals surface area contributed by atoms with Crippen LogP contribution in [0.4, 0.5) is 4.39 Å². The van der Waals surface area contributed by atoms with Crippen LogP contribution < -0.4 is 5.32 Å². The van der Waals surface area contributed by atoms with Gasteiger partial charge in [-0.25, -0.2) is 9.37 Å². The monoisotopic (exact) mass is 377 g/mol. The van der Waals surface area contributed by atoms with Crippen LogP contribution >= 0.6 is 11.3 Å². The number of hydrogen-bond donors (Lipinski definition) is 1. The summed E-state index contributed by atoms with van der Waals surface area (Å²) in [6, 6.07) is 15.5. The zero-order valence-electron chi connectivity index (χ0n) is 14.6. The number of pyridine rings is 1. The molecule has 134 valence electrons. The highest BCUT2D eigenvalue weighted by molar-refractivity contribution is 7.21. The number of benzene rings is 2. The molecule has 0 fully saturated rings. The number of thiazole rings is 1. The van der Waals surface area contributed by atoms with E-state index in [2.05, 4.69) is 15.3 Å². The number of hydrogen-bond acceptors (Lipinski definition) is 4. The Labute approximate surface area is 159 Å². The Morgan fingerprint density at radius 3 is 2.85 bits per heavy atom. The first-order valence-electron chi connectivity index (χ1n) is 8.45.